The Kier molecular flexibility index (Phi) is 3.87. The van der Waals surface area contributed by atoms with Crippen molar-refractivity contribution in [2.24, 2.45) is 11.8 Å². The summed E-state index contributed by atoms with van der Waals surface area (Å²) in [4.78, 5) is 12.0. The number of rotatable bonds is 4. The summed E-state index contributed by atoms with van der Waals surface area (Å²) in [6, 6.07) is 5.79. The van der Waals surface area contributed by atoms with E-state index in [9.17, 15) is 4.79 Å². The first-order chi connectivity index (χ1) is 8.06. The summed E-state index contributed by atoms with van der Waals surface area (Å²) < 4.78 is 0.956. The zero-order chi connectivity index (χ0) is 12.4. The van der Waals surface area contributed by atoms with Gasteiger partial charge in [-0.25, -0.2) is 0 Å². The van der Waals surface area contributed by atoms with Gasteiger partial charge in [0.1, 0.15) is 0 Å². The number of aryl methyl sites for hydroxylation is 1. The van der Waals surface area contributed by atoms with E-state index < -0.39 is 0 Å². The SMILES string of the molecule is Cc1cc(Br)cc(C(=O)NCC(C)C2CC2)c1. The van der Waals surface area contributed by atoms with Crippen molar-refractivity contribution in [3.63, 3.8) is 0 Å². The molecule has 92 valence electrons. The van der Waals surface area contributed by atoms with Crippen LogP contribution >= 0.6 is 15.9 Å². The maximum atomic E-state index is 12.0. The molecule has 0 aromatic heterocycles. The summed E-state index contributed by atoms with van der Waals surface area (Å²) in [6.45, 7) is 4.99. The van der Waals surface area contributed by atoms with Crippen LogP contribution in [0.3, 0.4) is 0 Å². The zero-order valence-electron chi connectivity index (χ0n) is 10.3. The van der Waals surface area contributed by atoms with Crippen LogP contribution in [0.2, 0.25) is 0 Å². The topological polar surface area (TPSA) is 29.1 Å². The minimum Gasteiger partial charge on any atom is -0.352 e. The van der Waals surface area contributed by atoms with Gasteiger partial charge in [0.05, 0.1) is 0 Å². The zero-order valence-corrected chi connectivity index (χ0v) is 11.9. The molecule has 1 aliphatic carbocycles. The van der Waals surface area contributed by atoms with Crippen molar-refractivity contribution in [1.82, 2.24) is 5.32 Å². The van der Waals surface area contributed by atoms with Crippen LogP contribution in [0.5, 0.6) is 0 Å². The van der Waals surface area contributed by atoms with Gasteiger partial charge in [0.25, 0.3) is 5.91 Å². The van der Waals surface area contributed by atoms with Gasteiger partial charge in [-0.2, -0.15) is 0 Å². The third kappa shape index (κ3) is 3.56. The highest BCUT2D eigenvalue weighted by molar-refractivity contribution is 9.10. The molecule has 1 fully saturated rings. The first-order valence-electron chi connectivity index (χ1n) is 6.11. The molecule has 0 bridgehead atoms. The van der Waals surface area contributed by atoms with Gasteiger partial charge in [0.15, 0.2) is 0 Å². The number of halogens is 1. The number of hydrogen-bond donors (Lipinski definition) is 1. The van der Waals surface area contributed by atoms with E-state index >= 15 is 0 Å². The molecule has 1 aromatic carbocycles. The number of carbonyl (C=O) groups is 1. The summed E-state index contributed by atoms with van der Waals surface area (Å²) >= 11 is 3.41. The minimum atomic E-state index is 0.0295. The maximum absolute atomic E-state index is 12.0. The van der Waals surface area contributed by atoms with Crippen LogP contribution in [0.15, 0.2) is 22.7 Å². The van der Waals surface area contributed by atoms with Crippen molar-refractivity contribution < 1.29 is 4.79 Å². The summed E-state index contributed by atoms with van der Waals surface area (Å²) in [7, 11) is 0. The van der Waals surface area contributed by atoms with Crippen molar-refractivity contribution in [3.05, 3.63) is 33.8 Å². The Morgan fingerprint density at radius 2 is 2.18 bits per heavy atom. The molecule has 2 rings (SSSR count). The van der Waals surface area contributed by atoms with Crippen LogP contribution in [0.1, 0.15) is 35.7 Å². The first-order valence-corrected chi connectivity index (χ1v) is 6.91. The Morgan fingerprint density at radius 1 is 1.47 bits per heavy atom. The van der Waals surface area contributed by atoms with E-state index in [0.717, 1.165) is 28.1 Å². The van der Waals surface area contributed by atoms with Gasteiger partial charge in [0, 0.05) is 16.6 Å². The summed E-state index contributed by atoms with van der Waals surface area (Å²) in [5, 5.41) is 3.01. The highest BCUT2D eigenvalue weighted by Gasteiger charge is 2.27. The fraction of sp³-hybridized carbons (Fsp3) is 0.500. The quantitative estimate of drug-likeness (QED) is 0.904. The molecular weight excluding hydrogens is 278 g/mol. The molecule has 1 saturated carbocycles. The van der Waals surface area contributed by atoms with Crippen molar-refractivity contribution in [1.29, 1.82) is 0 Å². The van der Waals surface area contributed by atoms with Crippen LogP contribution in [0.4, 0.5) is 0 Å². The average molecular weight is 296 g/mol. The van der Waals surface area contributed by atoms with Crippen molar-refractivity contribution in [3.8, 4) is 0 Å². The monoisotopic (exact) mass is 295 g/mol. The van der Waals surface area contributed by atoms with Gasteiger partial charge in [-0.1, -0.05) is 22.9 Å². The Bertz CT molecular complexity index is 406. The Hall–Kier alpha value is -0.830. The lowest BCUT2D eigenvalue weighted by atomic mass is 10.1. The molecule has 3 heteroatoms. The summed E-state index contributed by atoms with van der Waals surface area (Å²) in [6.07, 6.45) is 2.65. The lowest BCUT2D eigenvalue weighted by Gasteiger charge is -2.11. The van der Waals surface area contributed by atoms with E-state index in [1.165, 1.54) is 12.8 Å². The van der Waals surface area contributed by atoms with Crippen LogP contribution < -0.4 is 5.32 Å². The van der Waals surface area contributed by atoms with E-state index in [4.69, 9.17) is 0 Å². The van der Waals surface area contributed by atoms with E-state index in [0.29, 0.717) is 5.92 Å². The minimum absolute atomic E-state index is 0.0295. The van der Waals surface area contributed by atoms with E-state index in [1.807, 2.05) is 25.1 Å². The molecule has 17 heavy (non-hydrogen) atoms. The van der Waals surface area contributed by atoms with Gasteiger partial charge < -0.3 is 5.32 Å². The predicted molar refractivity (Wildman–Crippen MR) is 73.1 cm³/mol. The van der Waals surface area contributed by atoms with Crippen molar-refractivity contribution >= 4 is 21.8 Å². The Labute approximate surface area is 111 Å². The fourth-order valence-corrected chi connectivity index (χ4v) is 2.66. The maximum Gasteiger partial charge on any atom is 0.251 e. The molecule has 2 nitrogen and oxygen atoms in total. The van der Waals surface area contributed by atoms with Gasteiger partial charge in [-0.05, 0) is 55.4 Å². The molecule has 1 N–H and O–H groups in total. The van der Waals surface area contributed by atoms with Crippen molar-refractivity contribution in [2.75, 3.05) is 6.54 Å². The standard InChI is InChI=1S/C14H18BrNO/c1-9-5-12(7-13(15)6-9)14(17)16-8-10(2)11-3-4-11/h5-7,10-11H,3-4,8H2,1-2H3,(H,16,17). The number of nitrogens with one attached hydrogen (secondary N) is 1. The Balaban J connectivity index is 1.94. The molecule has 0 spiro atoms. The van der Waals surface area contributed by atoms with Crippen molar-refractivity contribution in [2.45, 2.75) is 26.7 Å². The second kappa shape index (κ2) is 5.21. The molecule has 1 unspecified atom stereocenters. The molecular formula is C14H18BrNO. The molecule has 0 heterocycles. The highest BCUT2D eigenvalue weighted by atomic mass is 79.9. The molecule has 1 atom stereocenters. The third-order valence-electron chi connectivity index (χ3n) is 3.32. The van der Waals surface area contributed by atoms with Crippen LogP contribution in [-0.2, 0) is 0 Å². The highest BCUT2D eigenvalue weighted by Crippen LogP contribution is 2.36. The summed E-state index contributed by atoms with van der Waals surface area (Å²) in [5.41, 5.74) is 1.83. The van der Waals surface area contributed by atoms with Gasteiger partial charge in [-0.3, -0.25) is 4.79 Å². The summed E-state index contributed by atoms with van der Waals surface area (Å²) in [5.74, 6) is 1.47. The van der Waals surface area contributed by atoms with Gasteiger partial charge >= 0.3 is 0 Å². The van der Waals surface area contributed by atoms with E-state index in [1.54, 1.807) is 0 Å². The predicted octanol–water partition coefficient (Wildman–Crippen LogP) is 3.53. The number of hydrogen-bond acceptors (Lipinski definition) is 1. The van der Waals surface area contributed by atoms with Crippen LogP contribution in [-0.4, -0.2) is 12.5 Å². The van der Waals surface area contributed by atoms with Crippen LogP contribution in [0, 0.1) is 18.8 Å². The number of amides is 1. The largest absolute Gasteiger partial charge is 0.352 e. The molecule has 0 radical (unpaired) electrons. The first kappa shape index (κ1) is 12.6. The second-order valence-corrected chi connectivity index (χ2v) is 5.96. The normalized spacial score (nSPS) is 16.6. The molecule has 0 aliphatic heterocycles. The van der Waals surface area contributed by atoms with Gasteiger partial charge in [0.2, 0.25) is 0 Å². The molecule has 1 amide bonds. The number of carbonyl (C=O) groups excluding carboxylic acids is 1. The third-order valence-corrected chi connectivity index (χ3v) is 3.77. The second-order valence-electron chi connectivity index (χ2n) is 5.04. The molecule has 1 aromatic rings. The fourth-order valence-electron chi connectivity index (χ4n) is 2.06. The Morgan fingerprint density at radius 3 is 2.76 bits per heavy atom. The molecule has 0 saturated heterocycles. The van der Waals surface area contributed by atoms with Crippen LogP contribution in [0.25, 0.3) is 0 Å². The smallest absolute Gasteiger partial charge is 0.251 e. The lowest BCUT2D eigenvalue weighted by Crippen LogP contribution is -2.29. The van der Waals surface area contributed by atoms with Gasteiger partial charge in [-0.15, -0.1) is 0 Å². The number of benzene rings is 1. The van der Waals surface area contributed by atoms with E-state index in [-0.39, 0.29) is 5.91 Å². The van der Waals surface area contributed by atoms with E-state index in [2.05, 4.69) is 28.2 Å². The lowest BCUT2D eigenvalue weighted by molar-refractivity contribution is 0.0946. The molecule has 1 aliphatic rings. The average Bonchev–Trinajstić information content (AvgIpc) is 3.07.